The Balaban J connectivity index is 2.08. The second-order valence-corrected chi connectivity index (χ2v) is 6.69. The molecule has 0 spiro atoms. The van der Waals surface area contributed by atoms with Crippen LogP contribution in [0.2, 0.25) is 0 Å². The van der Waals surface area contributed by atoms with Gasteiger partial charge in [-0.05, 0) is 38.3 Å². The average Bonchev–Trinajstić information content (AvgIpc) is 2.42. The van der Waals surface area contributed by atoms with Crippen molar-refractivity contribution < 1.29 is 0 Å². The Morgan fingerprint density at radius 2 is 2.10 bits per heavy atom. The summed E-state index contributed by atoms with van der Waals surface area (Å²) in [6.07, 6.45) is 1.08. The summed E-state index contributed by atoms with van der Waals surface area (Å²) >= 11 is 5.85. The Kier molecular flexibility index (Phi) is 5.25. The first-order valence-corrected chi connectivity index (χ1v) is 7.73. The lowest BCUT2D eigenvalue weighted by Gasteiger charge is -2.45. The highest BCUT2D eigenvalue weighted by Gasteiger charge is 2.32. The molecule has 1 aromatic rings. The summed E-state index contributed by atoms with van der Waals surface area (Å²) in [5, 5.41) is 3.66. The second-order valence-electron chi connectivity index (χ2n) is 6.47. The zero-order chi connectivity index (χ0) is 14.6. The van der Waals surface area contributed by atoms with Crippen LogP contribution in [0.5, 0.6) is 0 Å². The molecule has 0 saturated carbocycles. The normalized spacial score (nSPS) is 23.8. The second kappa shape index (κ2) is 6.75. The van der Waals surface area contributed by atoms with E-state index in [-0.39, 0.29) is 5.54 Å². The standard InChI is InChI=1S/C17H25ClN2/c1-14(10-18)12-20-13-17(2,3)19-11-16(20)9-15-7-5-4-6-8-15/h4-8,10,16,19H,9,11-13H2,1-3H3/b14-10-. The highest BCUT2D eigenvalue weighted by molar-refractivity contribution is 6.25. The van der Waals surface area contributed by atoms with Crippen LogP contribution in [0.25, 0.3) is 0 Å². The van der Waals surface area contributed by atoms with Crippen molar-refractivity contribution in [1.29, 1.82) is 0 Å². The molecule has 3 heteroatoms. The van der Waals surface area contributed by atoms with Gasteiger partial charge in [0.05, 0.1) is 0 Å². The Morgan fingerprint density at radius 1 is 1.40 bits per heavy atom. The predicted octanol–water partition coefficient (Wildman–Crippen LogP) is 3.42. The van der Waals surface area contributed by atoms with E-state index in [2.05, 4.69) is 61.3 Å². The molecule has 1 saturated heterocycles. The number of nitrogens with one attached hydrogen (secondary N) is 1. The average molecular weight is 293 g/mol. The van der Waals surface area contributed by atoms with Crippen LogP contribution in [0.3, 0.4) is 0 Å². The maximum Gasteiger partial charge on any atom is 0.0265 e. The Hall–Kier alpha value is -0.830. The Morgan fingerprint density at radius 3 is 2.75 bits per heavy atom. The molecular formula is C17H25ClN2. The zero-order valence-electron chi connectivity index (χ0n) is 12.7. The van der Waals surface area contributed by atoms with E-state index in [0.29, 0.717) is 6.04 Å². The van der Waals surface area contributed by atoms with Gasteiger partial charge < -0.3 is 5.32 Å². The molecule has 1 unspecified atom stereocenters. The van der Waals surface area contributed by atoms with Crippen molar-refractivity contribution in [2.75, 3.05) is 19.6 Å². The smallest absolute Gasteiger partial charge is 0.0265 e. The monoisotopic (exact) mass is 292 g/mol. The van der Waals surface area contributed by atoms with E-state index in [0.717, 1.165) is 26.1 Å². The first-order valence-electron chi connectivity index (χ1n) is 7.29. The fourth-order valence-electron chi connectivity index (χ4n) is 2.84. The van der Waals surface area contributed by atoms with Crippen molar-refractivity contribution in [3.8, 4) is 0 Å². The minimum absolute atomic E-state index is 0.166. The Bertz CT molecular complexity index is 453. The number of halogens is 1. The highest BCUT2D eigenvalue weighted by Crippen LogP contribution is 2.19. The molecule has 20 heavy (non-hydrogen) atoms. The molecule has 2 rings (SSSR count). The van der Waals surface area contributed by atoms with Gasteiger partial charge in [0.25, 0.3) is 0 Å². The van der Waals surface area contributed by atoms with Crippen molar-refractivity contribution in [2.45, 2.75) is 38.8 Å². The van der Waals surface area contributed by atoms with Crippen LogP contribution >= 0.6 is 11.6 Å². The summed E-state index contributed by atoms with van der Waals surface area (Å²) in [6, 6.07) is 11.2. The van der Waals surface area contributed by atoms with Gasteiger partial charge in [-0.15, -0.1) is 0 Å². The van der Waals surface area contributed by atoms with E-state index in [1.54, 1.807) is 5.54 Å². The lowest BCUT2D eigenvalue weighted by atomic mass is 9.94. The highest BCUT2D eigenvalue weighted by atomic mass is 35.5. The van der Waals surface area contributed by atoms with Crippen molar-refractivity contribution in [3.05, 3.63) is 47.0 Å². The third-order valence-corrected chi connectivity index (χ3v) is 4.26. The van der Waals surface area contributed by atoms with Crippen LogP contribution in [0.1, 0.15) is 26.3 Å². The lowest BCUT2D eigenvalue weighted by Crippen LogP contribution is -2.62. The maximum absolute atomic E-state index is 5.85. The summed E-state index contributed by atoms with van der Waals surface area (Å²) in [4.78, 5) is 2.55. The van der Waals surface area contributed by atoms with E-state index in [4.69, 9.17) is 11.6 Å². The first kappa shape index (κ1) is 15.6. The van der Waals surface area contributed by atoms with Gasteiger partial charge in [0.1, 0.15) is 0 Å². The van der Waals surface area contributed by atoms with Crippen LogP contribution in [0.4, 0.5) is 0 Å². The van der Waals surface area contributed by atoms with E-state index in [1.165, 1.54) is 11.1 Å². The molecule has 1 atom stereocenters. The molecule has 1 N–H and O–H groups in total. The van der Waals surface area contributed by atoms with Crippen molar-refractivity contribution in [1.82, 2.24) is 10.2 Å². The van der Waals surface area contributed by atoms with Crippen LogP contribution in [0.15, 0.2) is 41.4 Å². The summed E-state index contributed by atoms with van der Waals surface area (Å²) in [5.41, 5.74) is 4.49. The van der Waals surface area contributed by atoms with E-state index >= 15 is 0 Å². The summed E-state index contributed by atoms with van der Waals surface area (Å²) in [6.45, 7) is 9.65. The van der Waals surface area contributed by atoms with Gasteiger partial charge in [-0.3, -0.25) is 4.90 Å². The molecule has 0 radical (unpaired) electrons. The largest absolute Gasteiger partial charge is 0.309 e. The number of rotatable bonds is 4. The minimum atomic E-state index is 0.166. The Labute approximate surface area is 127 Å². The van der Waals surface area contributed by atoms with Crippen LogP contribution in [-0.2, 0) is 6.42 Å². The first-order chi connectivity index (χ1) is 9.50. The topological polar surface area (TPSA) is 15.3 Å². The molecule has 0 bridgehead atoms. The summed E-state index contributed by atoms with van der Waals surface area (Å²) in [7, 11) is 0. The lowest BCUT2D eigenvalue weighted by molar-refractivity contribution is 0.105. The van der Waals surface area contributed by atoms with Gasteiger partial charge in [-0.25, -0.2) is 0 Å². The van der Waals surface area contributed by atoms with E-state index < -0.39 is 0 Å². The number of hydrogen-bond acceptors (Lipinski definition) is 2. The molecule has 2 nitrogen and oxygen atoms in total. The van der Waals surface area contributed by atoms with Crippen LogP contribution in [0, 0.1) is 0 Å². The molecule has 1 aliphatic rings. The maximum atomic E-state index is 5.85. The van der Waals surface area contributed by atoms with Gasteiger partial charge in [0.15, 0.2) is 0 Å². The van der Waals surface area contributed by atoms with Gasteiger partial charge >= 0.3 is 0 Å². The number of nitrogens with zero attached hydrogens (tertiary/aromatic N) is 1. The summed E-state index contributed by atoms with van der Waals surface area (Å²) in [5.74, 6) is 0. The van der Waals surface area contributed by atoms with Crippen molar-refractivity contribution in [3.63, 3.8) is 0 Å². The predicted molar refractivity (Wildman–Crippen MR) is 87.2 cm³/mol. The molecule has 1 heterocycles. The van der Waals surface area contributed by atoms with Gasteiger partial charge in [-0.1, -0.05) is 41.9 Å². The zero-order valence-corrected chi connectivity index (χ0v) is 13.5. The number of hydrogen-bond donors (Lipinski definition) is 1. The molecule has 1 aromatic carbocycles. The minimum Gasteiger partial charge on any atom is -0.309 e. The van der Waals surface area contributed by atoms with Gasteiger partial charge in [-0.2, -0.15) is 0 Å². The fourth-order valence-corrected chi connectivity index (χ4v) is 2.91. The number of benzene rings is 1. The van der Waals surface area contributed by atoms with Gasteiger partial charge in [0, 0.05) is 36.8 Å². The molecule has 1 fully saturated rings. The van der Waals surface area contributed by atoms with E-state index in [1.807, 2.05) is 0 Å². The van der Waals surface area contributed by atoms with Gasteiger partial charge in [0.2, 0.25) is 0 Å². The third kappa shape index (κ3) is 4.34. The molecule has 1 aliphatic heterocycles. The quantitative estimate of drug-likeness (QED) is 0.915. The third-order valence-electron chi connectivity index (χ3n) is 3.88. The molecular weight excluding hydrogens is 268 g/mol. The molecule has 0 amide bonds. The molecule has 0 aliphatic carbocycles. The van der Waals surface area contributed by atoms with Crippen LogP contribution < -0.4 is 5.32 Å². The number of piperazine rings is 1. The van der Waals surface area contributed by atoms with Crippen molar-refractivity contribution in [2.24, 2.45) is 0 Å². The molecule has 110 valence electrons. The fraction of sp³-hybridized carbons (Fsp3) is 0.529. The van der Waals surface area contributed by atoms with Crippen LogP contribution in [-0.4, -0.2) is 36.1 Å². The summed E-state index contributed by atoms with van der Waals surface area (Å²) < 4.78 is 0. The SMILES string of the molecule is C/C(=C/Cl)CN1CC(C)(C)NCC1Cc1ccccc1. The van der Waals surface area contributed by atoms with Crippen molar-refractivity contribution >= 4 is 11.6 Å². The van der Waals surface area contributed by atoms with E-state index in [9.17, 15) is 0 Å². The molecule has 0 aromatic heterocycles.